The van der Waals surface area contributed by atoms with Crippen LogP contribution in [0.3, 0.4) is 0 Å². The molecule has 0 aliphatic carbocycles. The molecule has 1 aromatic heterocycles. The Morgan fingerprint density at radius 2 is 1.65 bits per heavy atom. The maximum Gasteiger partial charge on any atom is 0.410 e. The van der Waals surface area contributed by atoms with E-state index in [2.05, 4.69) is 6.07 Å². The lowest BCUT2D eigenvalue weighted by molar-refractivity contribution is -0.132. The fraction of sp³-hybridized carbons (Fsp3) is 0.448. The predicted octanol–water partition coefficient (Wildman–Crippen LogP) is 5.31. The van der Waals surface area contributed by atoms with E-state index in [9.17, 15) is 18.0 Å². The number of nitrogens with zero attached hydrogens (tertiary/aromatic N) is 3. The second-order valence-corrected chi connectivity index (χ2v) is 14.8. The number of benzene rings is 2. The number of piperazine rings is 1. The highest BCUT2D eigenvalue weighted by molar-refractivity contribution is 7.89. The summed E-state index contributed by atoms with van der Waals surface area (Å²) in [7, 11) is -3.66. The van der Waals surface area contributed by atoms with E-state index in [-0.39, 0.29) is 30.0 Å². The fourth-order valence-corrected chi connectivity index (χ4v) is 7.88. The van der Waals surface area contributed by atoms with Crippen molar-refractivity contribution in [2.24, 2.45) is 0 Å². The Kier molecular flexibility index (Phi) is 8.16. The monoisotopic (exact) mass is 603 g/mol. The normalized spacial score (nSPS) is 16.7. The molecule has 0 unspecified atom stereocenters. The van der Waals surface area contributed by atoms with Crippen molar-refractivity contribution in [1.29, 1.82) is 0 Å². The molecular formula is C29H34ClN3O5S2. The van der Waals surface area contributed by atoms with E-state index in [4.69, 9.17) is 16.3 Å². The molecule has 11 heteroatoms. The molecule has 0 bridgehead atoms. The van der Waals surface area contributed by atoms with Gasteiger partial charge in [-0.05, 0) is 80.3 Å². The highest BCUT2D eigenvalue weighted by atomic mass is 35.5. The summed E-state index contributed by atoms with van der Waals surface area (Å²) in [6.07, 6.45) is 1.49. The van der Waals surface area contributed by atoms with Crippen molar-refractivity contribution in [3.05, 3.63) is 62.8 Å². The Morgan fingerprint density at radius 3 is 2.38 bits per heavy atom. The molecule has 3 heterocycles. The van der Waals surface area contributed by atoms with Crippen molar-refractivity contribution < 1.29 is 22.7 Å². The fourth-order valence-electron chi connectivity index (χ4n) is 5.07. The number of aryl methyl sites for hydroxylation is 1. The summed E-state index contributed by atoms with van der Waals surface area (Å²) in [5.41, 5.74) is 0.596. The van der Waals surface area contributed by atoms with Crippen molar-refractivity contribution in [2.75, 3.05) is 32.7 Å². The summed E-state index contributed by atoms with van der Waals surface area (Å²) in [5, 5.41) is 2.30. The summed E-state index contributed by atoms with van der Waals surface area (Å²) in [6, 6.07) is 12.5. The van der Waals surface area contributed by atoms with Crippen molar-refractivity contribution in [3.8, 4) is 0 Å². The SMILES string of the molecule is CC(C)(C)OC(=O)N1CCc2sc(CCC(=O)N3CCN(S(=O)(=O)c4ccc5cc(Cl)ccc5c4)CC3)cc2C1. The third-order valence-corrected chi connectivity index (χ3v) is 10.6. The van der Waals surface area contributed by atoms with Crippen LogP contribution < -0.4 is 0 Å². The molecule has 2 aliphatic rings. The molecule has 8 nitrogen and oxygen atoms in total. The van der Waals surface area contributed by atoms with Crippen molar-refractivity contribution in [1.82, 2.24) is 14.1 Å². The zero-order valence-corrected chi connectivity index (χ0v) is 25.4. The number of halogens is 1. The average Bonchev–Trinajstić information content (AvgIpc) is 3.32. The maximum atomic E-state index is 13.3. The highest BCUT2D eigenvalue weighted by Crippen LogP contribution is 2.30. The number of carbonyl (C=O) groups is 2. The van der Waals surface area contributed by atoms with E-state index in [0.717, 1.165) is 27.6 Å². The van der Waals surface area contributed by atoms with Gasteiger partial charge < -0.3 is 14.5 Å². The van der Waals surface area contributed by atoms with Crippen LogP contribution in [-0.4, -0.2) is 72.8 Å². The zero-order valence-electron chi connectivity index (χ0n) is 23.0. The lowest BCUT2D eigenvalue weighted by atomic mass is 10.1. The second-order valence-electron chi connectivity index (χ2n) is 11.3. The van der Waals surface area contributed by atoms with Gasteiger partial charge in [0.15, 0.2) is 0 Å². The molecule has 214 valence electrons. The number of thiophene rings is 1. The van der Waals surface area contributed by atoms with Gasteiger partial charge in [-0.2, -0.15) is 4.31 Å². The van der Waals surface area contributed by atoms with Gasteiger partial charge in [-0.25, -0.2) is 13.2 Å². The first-order chi connectivity index (χ1) is 18.9. The maximum absolute atomic E-state index is 13.3. The minimum Gasteiger partial charge on any atom is -0.444 e. The minimum absolute atomic E-state index is 0.0291. The number of hydrogen-bond donors (Lipinski definition) is 0. The predicted molar refractivity (Wildman–Crippen MR) is 157 cm³/mol. The molecule has 0 spiro atoms. The number of ether oxygens (including phenoxy) is 1. The molecule has 1 saturated heterocycles. The Labute approximate surface area is 244 Å². The van der Waals surface area contributed by atoms with Crippen LogP contribution in [0.25, 0.3) is 10.8 Å². The van der Waals surface area contributed by atoms with Crippen LogP contribution in [0.1, 0.15) is 42.5 Å². The number of fused-ring (bicyclic) bond motifs is 2. The third-order valence-electron chi connectivity index (χ3n) is 7.16. The highest BCUT2D eigenvalue weighted by Gasteiger charge is 2.31. The molecule has 0 saturated carbocycles. The van der Waals surface area contributed by atoms with Gasteiger partial charge in [-0.15, -0.1) is 11.3 Å². The van der Waals surface area contributed by atoms with Gasteiger partial charge in [0.05, 0.1) is 11.4 Å². The van der Waals surface area contributed by atoms with Crippen LogP contribution in [0.5, 0.6) is 0 Å². The molecule has 2 amide bonds. The van der Waals surface area contributed by atoms with E-state index in [1.807, 2.05) is 32.9 Å². The largest absolute Gasteiger partial charge is 0.444 e. The van der Waals surface area contributed by atoms with Crippen LogP contribution in [0, 0.1) is 0 Å². The molecule has 0 radical (unpaired) electrons. The van der Waals surface area contributed by atoms with Gasteiger partial charge in [0.2, 0.25) is 15.9 Å². The topological polar surface area (TPSA) is 87.2 Å². The van der Waals surface area contributed by atoms with Crippen LogP contribution in [-0.2, 0) is 38.9 Å². The van der Waals surface area contributed by atoms with E-state index in [1.165, 1.54) is 9.18 Å². The molecule has 0 atom stereocenters. The number of sulfonamides is 1. The minimum atomic E-state index is -3.66. The van der Waals surface area contributed by atoms with Crippen LogP contribution >= 0.6 is 22.9 Å². The molecule has 0 N–H and O–H groups in total. The summed E-state index contributed by atoms with van der Waals surface area (Å²) in [6.45, 7) is 8.00. The summed E-state index contributed by atoms with van der Waals surface area (Å²) in [4.78, 5) is 31.6. The Bertz CT molecular complexity index is 1540. The van der Waals surface area contributed by atoms with Gasteiger partial charge in [0, 0.05) is 53.9 Å². The van der Waals surface area contributed by atoms with Crippen LogP contribution in [0.4, 0.5) is 4.79 Å². The third kappa shape index (κ3) is 6.46. The molecule has 5 rings (SSSR count). The van der Waals surface area contributed by atoms with Crippen molar-refractivity contribution in [2.45, 2.75) is 57.1 Å². The van der Waals surface area contributed by atoms with Gasteiger partial charge in [-0.3, -0.25) is 4.79 Å². The molecule has 3 aromatic rings. The summed E-state index contributed by atoms with van der Waals surface area (Å²) < 4.78 is 33.5. The Morgan fingerprint density at radius 1 is 0.950 bits per heavy atom. The molecule has 1 fully saturated rings. The molecule has 2 aliphatic heterocycles. The molecule has 2 aromatic carbocycles. The Hall–Kier alpha value is -2.66. The van der Waals surface area contributed by atoms with Gasteiger partial charge in [0.1, 0.15) is 5.60 Å². The number of carbonyl (C=O) groups excluding carboxylic acids is 2. The lowest BCUT2D eigenvalue weighted by Gasteiger charge is -2.34. The molecular weight excluding hydrogens is 570 g/mol. The standard InChI is InChI=1S/C29H34ClN3O5S2/c1-29(2,3)38-28(35)32-11-10-26-22(19-32)17-24(39-26)7-9-27(34)31-12-14-33(15-13-31)40(36,37)25-8-5-20-16-23(30)6-4-21(20)18-25/h4-6,8,16-18H,7,9-15,19H2,1-3H3. The first-order valence-electron chi connectivity index (χ1n) is 13.4. The van der Waals surface area contributed by atoms with Gasteiger partial charge >= 0.3 is 6.09 Å². The number of hydrogen-bond acceptors (Lipinski definition) is 6. The van der Waals surface area contributed by atoms with Crippen molar-refractivity contribution in [3.63, 3.8) is 0 Å². The quantitative estimate of drug-likeness (QED) is 0.394. The molecule has 40 heavy (non-hydrogen) atoms. The van der Waals surface area contributed by atoms with E-state index in [1.54, 1.807) is 45.4 Å². The van der Waals surface area contributed by atoms with E-state index >= 15 is 0 Å². The van der Waals surface area contributed by atoms with Crippen LogP contribution in [0.15, 0.2) is 47.4 Å². The second kappa shape index (κ2) is 11.3. The smallest absolute Gasteiger partial charge is 0.410 e. The van der Waals surface area contributed by atoms with Crippen LogP contribution in [0.2, 0.25) is 5.02 Å². The zero-order chi connectivity index (χ0) is 28.7. The number of amides is 2. The lowest BCUT2D eigenvalue weighted by Crippen LogP contribution is -2.50. The number of rotatable bonds is 5. The van der Waals surface area contributed by atoms with E-state index in [0.29, 0.717) is 44.0 Å². The first-order valence-corrected chi connectivity index (χ1v) is 16.1. The van der Waals surface area contributed by atoms with Gasteiger partial charge in [0.25, 0.3) is 0 Å². The summed E-state index contributed by atoms with van der Waals surface area (Å²) >= 11 is 7.76. The van der Waals surface area contributed by atoms with E-state index < -0.39 is 15.6 Å². The van der Waals surface area contributed by atoms with Gasteiger partial charge in [-0.1, -0.05) is 23.7 Å². The first kappa shape index (κ1) is 28.9. The Balaban J connectivity index is 1.13. The average molecular weight is 604 g/mol. The summed E-state index contributed by atoms with van der Waals surface area (Å²) in [5.74, 6) is 0.0291. The van der Waals surface area contributed by atoms with Crippen molar-refractivity contribution >= 4 is 55.7 Å².